The molecule has 1 amide bonds. The van der Waals surface area contributed by atoms with E-state index < -0.39 is 18.1 Å². The second-order valence-electron chi connectivity index (χ2n) is 3.77. The monoisotopic (exact) mass is 295 g/mol. The number of rotatable bonds is 2. The first kappa shape index (κ1) is 13.8. The van der Waals surface area contributed by atoms with E-state index in [0.29, 0.717) is 23.5 Å². The van der Waals surface area contributed by atoms with Crippen LogP contribution in [-0.4, -0.2) is 29.8 Å². The zero-order valence-electron chi connectivity index (χ0n) is 9.34. The smallest absolute Gasteiger partial charge is 0.471 e. The number of carbonyl (C=O) groups excluding carboxylic acids is 1. The Morgan fingerprint density at radius 3 is 2.63 bits per heavy atom. The highest BCUT2D eigenvalue weighted by Gasteiger charge is 2.40. The summed E-state index contributed by atoms with van der Waals surface area (Å²) in [5.41, 5.74) is 0.000718. The highest BCUT2D eigenvalue weighted by atomic mass is 32.1. The average molecular weight is 295 g/mol. The molecule has 0 spiro atoms. The van der Waals surface area contributed by atoms with E-state index in [0.717, 1.165) is 11.3 Å². The van der Waals surface area contributed by atoms with E-state index in [4.69, 9.17) is 9.84 Å². The first-order valence-electron chi connectivity index (χ1n) is 5.14. The van der Waals surface area contributed by atoms with Crippen molar-refractivity contribution in [2.75, 3.05) is 11.9 Å². The van der Waals surface area contributed by atoms with Gasteiger partial charge in [-0.1, -0.05) is 0 Å². The number of aromatic carboxylic acids is 1. The molecule has 2 rings (SSSR count). The third-order valence-corrected chi connectivity index (χ3v) is 3.78. The molecule has 0 saturated heterocycles. The number of alkyl halides is 3. The van der Waals surface area contributed by atoms with Crippen molar-refractivity contribution in [3.8, 4) is 0 Å². The van der Waals surface area contributed by atoms with Gasteiger partial charge in [0.2, 0.25) is 0 Å². The highest BCUT2D eigenvalue weighted by Crippen LogP contribution is 2.37. The van der Waals surface area contributed by atoms with Gasteiger partial charge in [-0.3, -0.25) is 4.79 Å². The summed E-state index contributed by atoms with van der Waals surface area (Å²) in [4.78, 5) is 22.2. The maximum absolute atomic E-state index is 12.2. The summed E-state index contributed by atoms with van der Waals surface area (Å²) in [6, 6.07) is 0. The fourth-order valence-corrected chi connectivity index (χ4v) is 2.75. The quantitative estimate of drug-likeness (QED) is 0.875. The van der Waals surface area contributed by atoms with Crippen LogP contribution in [0, 0.1) is 0 Å². The van der Waals surface area contributed by atoms with Crippen LogP contribution in [0.1, 0.15) is 20.1 Å². The zero-order chi connectivity index (χ0) is 14.2. The van der Waals surface area contributed by atoms with Crippen molar-refractivity contribution >= 4 is 28.9 Å². The van der Waals surface area contributed by atoms with Crippen LogP contribution in [0.4, 0.5) is 18.9 Å². The molecule has 9 heteroatoms. The van der Waals surface area contributed by atoms with Crippen LogP contribution in [0.5, 0.6) is 0 Å². The third-order valence-electron chi connectivity index (χ3n) is 2.50. The van der Waals surface area contributed by atoms with Crippen molar-refractivity contribution < 1.29 is 32.6 Å². The molecule has 5 nitrogen and oxygen atoms in total. The van der Waals surface area contributed by atoms with Gasteiger partial charge in [-0.25, -0.2) is 4.79 Å². The molecular formula is C10H8F3NO4S. The molecule has 0 atom stereocenters. The Morgan fingerprint density at radius 2 is 2.05 bits per heavy atom. The maximum atomic E-state index is 12.2. The van der Waals surface area contributed by atoms with Gasteiger partial charge >= 0.3 is 18.1 Å². The van der Waals surface area contributed by atoms with E-state index in [1.54, 1.807) is 5.32 Å². The third kappa shape index (κ3) is 2.71. The van der Waals surface area contributed by atoms with Gasteiger partial charge in [0.1, 0.15) is 4.88 Å². The molecule has 1 aromatic heterocycles. The molecule has 0 saturated carbocycles. The summed E-state index contributed by atoms with van der Waals surface area (Å²) in [6.45, 7) is 0.367. The summed E-state index contributed by atoms with van der Waals surface area (Å²) >= 11 is 0.861. The lowest BCUT2D eigenvalue weighted by molar-refractivity contribution is -0.167. The number of carboxylic acids is 1. The molecule has 0 unspecified atom stereocenters. The van der Waals surface area contributed by atoms with Crippen LogP contribution in [-0.2, 0) is 22.6 Å². The number of carbonyl (C=O) groups is 2. The topological polar surface area (TPSA) is 75.6 Å². The first-order chi connectivity index (χ1) is 8.80. The minimum atomic E-state index is -5.07. The van der Waals surface area contributed by atoms with Gasteiger partial charge in [-0.05, 0) is 0 Å². The average Bonchev–Trinajstić information content (AvgIpc) is 2.67. The number of anilines is 1. The van der Waals surface area contributed by atoms with Crippen molar-refractivity contribution in [2.24, 2.45) is 0 Å². The van der Waals surface area contributed by atoms with E-state index in [1.807, 2.05) is 0 Å². The van der Waals surface area contributed by atoms with Crippen LogP contribution in [0.3, 0.4) is 0 Å². The van der Waals surface area contributed by atoms with Gasteiger partial charge < -0.3 is 15.2 Å². The Morgan fingerprint density at radius 1 is 1.37 bits per heavy atom. The predicted octanol–water partition coefficient (Wildman–Crippen LogP) is 2.02. The lowest BCUT2D eigenvalue weighted by atomic mass is 10.1. The van der Waals surface area contributed by atoms with Crippen LogP contribution in [0.2, 0.25) is 0 Å². The number of ether oxygens (including phenoxy) is 1. The predicted molar refractivity (Wildman–Crippen MR) is 59.3 cm³/mol. The summed E-state index contributed by atoms with van der Waals surface area (Å²) < 4.78 is 41.7. The minimum Gasteiger partial charge on any atom is -0.477 e. The van der Waals surface area contributed by atoms with Crippen molar-refractivity contribution in [1.29, 1.82) is 0 Å². The zero-order valence-corrected chi connectivity index (χ0v) is 10.2. The number of nitrogens with one attached hydrogen (secondary N) is 1. The van der Waals surface area contributed by atoms with Crippen molar-refractivity contribution in [3.63, 3.8) is 0 Å². The van der Waals surface area contributed by atoms with Gasteiger partial charge in [-0.2, -0.15) is 13.2 Å². The Hall–Kier alpha value is -1.61. The molecule has 2 N–H and O–H groups in total. The van der Waals surface area contributed by atoms with E-state index in [1.165, 1.54) is 0 Å². The Balaban J connectivity index is 2.40. The first-order valence-corrected chi connectivity index (χ1v) is 5.96. The summed E-state index contributed by atoms with van der Waals surface area (Å²) in [5.74, 6) is -3.57. The lowest BCUT2D eigenvalue weighted by Gasteiger charge is -2.14. The van der Waals surface area contributed by atoms with Crippen molar-refractivity contribution in [1.82, 2.24) is 0 Å². The number of hydrogen-bond donors (Lipinski definition) is 2. The molecule has 0 fully saturated rings. The van der Waals surface area contributed by atoms with Gasteiger partial charge in [0.25, 0.3) is 0 Å². The standard InChI is InChI=1S/C10H8F3NO4S/c11-10(12,13)9(17)14-6-4-3-18-2-1-5(4)19-7(6)8(15)16/h1-3H2,(H,14,17)(H,15,16). The Kier molecular flexibility index (Phi) is 3.50. The summed E-state index contributed by atoms with van der Waals surface area (Å²) in [5, 5.41) is 10.6. The SMILES string of the molecule is O=C(O)c1sc2c(c1NC(=O)C(F)(F)F)COCC2. The second kappa shape index (κ2) is 4.82. The van der Waals surface area contributed by atoms with Crippen LogP contribution in [0.15, 0.2) is 0 Å². The maximum Gasteiger partial charge on any atom is 0.471 e. The van der Waals surface area contributed by atoms with E-state index >= 15 is 0 Å². The number of hydrogen-bond acceptors (Lipinski definition) is 4. The fourth-order valence-electron chi connectivity index (χ4n) is 1.67. The molecule has 0 bridgehead atoms. The highest BCUT2D eigenvalue weighted by molar-refractivity contribution is 7.14. The number of amides is 1. The molecular weight excluding hydrogens is 287 g/mol. The largest absolute Gasteiger partial charge is 0.477 e. The molecule has 1 aromatic rings. The van der Waals surface area contributed by atoms with Crippen molar-refractivity contribution in [3.05, 3.63) is 15.3 Å². The summed E-state index contributed by atoms with van der Waals surface area (Å²) in [7, 11) is 0. The molecule has 0 aliphatic carbocycles. The number of fused-ring (bicyclic) bond motifs is 1. The number of thiophene rings is 1. The molecule has 104 valence electrons. The fraction of sp³-hybridized carbons (Fsp3) is 0.400. The van der Waals surface area contributed by atoms with Gasteiger partial charge in [0.15, 0.2) is 0 Å². The van der Waals surface area contributed by atoms with Crippen LogP contribution in [0.25, 0.3) is 0 Å². The normalized spacial score (nSPS) is 14.9. The summed E-state index contributed by atoms with van der Waals surface area (Å²) in [6.07, 6.45) is -4.65. The number of halogens is 3. The van der Waals surface area contributed by atoms with Crippen LogP contribution >= 0.6 is 11.3 Å². The lowest BCUT2D eigenvalue weighted by Crippen LogP contribution is -2.31. The second-order valence-corrected chi connectivity index (χ2v) is 4.87. The van der Waals surface area contributed by atoms with Crippen LogP contribution < -0.4 is 5.32 Å². The minimum absolute atomic E-state index is 0.00736. The Bertz CT molecular complexity index is 538. The molecule has 0 radical (unpaired) electrons. The van der Waals surface area contributed by atoms with E-state index in [-0.39, 0.29) is 17.2 Å². The number of carboxylic acid groups (broad SMARTS) is 1. The van der Waals surface area contributed by atoms with E-state index in [9.17, 15) is 22.8 Å². The van der Waals surface area contributed by atoms with Gasteiger partial charge in [0, 0.05) is 16.9 Å². The van der Waals surface area contributed by atoms with Crippen molar-refractivity contribution in [2.45, 2.75) is 19.2 Å². The Labute approximate surface area is 109 Å². The van der Waals surface area contributed by atoms with Gasteiger partial charge in [0.05, 0.1) is 18.9 Å². The molecule has 0 aromatic carbocycles. The molecule has 2 heterocycles. The van der Waals surface area contributed by atoms with E-state index in [2.05, 4.69) is 0 Å². The molecule has 1 aliphatic heterocycles. The molecule has 1 aliphatic rings. The molecule has 19 heavy (non-hydrogen) atoms. The van der Waals surface area contributed by atoms with Gasteiger partial charge in [-0.15, -0.1) is 11.3 Å².